The summed E-state index contributed by atoms with van der Waals surface area (Å²) in [5.74, 6) is -0.139. The van der Waals surface area contributed by atoms with Crippen LogP contribution in [0, 0.1) is 21.4 Å². The van der Waals surface area contributed by atoms with Crippen LogP contribution in [0.3, 0.4) is 0 Å². The number of halogens is 1. The van der Waals surface area contributed by atoms with E-state index in [0.717, 1.165) is 5.56 Å². The Morgan fingerprint density at radius 1 is 1.10 bits per heavy atom. The Labute approximate surface area is 183 Å². The van der Waals surface area contributed by atoms with E-state index in [1.165, 1.54) is 18.2 Å². The summed E-state index contributed by atoms with van der Waals surface area (Å²) in [5.41, 5.74) is 1.55. The highest BCUT2D eigenvalue weighted by atomic mass is 35.5. The molecule has 0 spiro atoms. The average molecular weight is 434 g/mol. The van der Waals surface area contributed by atoms with Crippen LogP contribution in [-0.2, 0) is 11.4 Å². The number of nitrogens with zero attached hydrogens (tertiary/aromatic N) is 2. The van der Waals surface area contributed by atoms with Crippen LogP contribution in [0.4, 0.5) is 11.4 Å². The van der Waals surface area contributed by atoms with Crippen molar-refractivity contribution in [2.24, 2.45) is 0 Å². The minimum atomic E-state index is -0.597. The molecule has 0 bridgehead atoms. The summed E-state index contributed by atoms with van der Waals surface area (Å²) >= 11 is 6.05. The molecule has 3 rings (SSSR count). The molecule has 8 heteroatoms. The van der Waals surface area contributed by atoms with Crippen molar-refractivity contribution in [3.63, 3.8) is 0 Å². The monoisotopic (exact) mass is 433 g/mol. The second kappa shape index (κ2) is 10.1. The van der Waals surface area contributed by atoms with Crippen molar-refractivity contribution in [3.05, 3.63) is 105 Å². The lowest BCUT2D eigenvalue weighted by molar-refractivity contribution is -0.384. The number of para-hydroxylation sites is 2. The number of nitro benzene ring substituents is 1. The molecule has 3 aromatic rings. The quantitative estimate of drug-likeness (QED) is 0.233. The molecule has 0 heterocycles. The van der Waals surface area contributed by atoms with Gasteiger partial charge in [-0.15, -0.1) is 0 Å². The van der Waals surface area contributed by atoms with E-state index in [1.54, 1.807) is 60.7 Å². The predicted octanol–water partition coefficient (Wildman–Crippen LogP) is 5.37. The van der Waals surface area contributed by atoms with E-state index < -0.39 is 10.8 Å². The normalized spacial score (nSPS) is 10.8. The highest BCUT2D eigenvalue weighted by Gasteiger charge is 2.13. The molecule has 154 valence electrons. The Balaban J connectivity index is 1.77. The summed E-state index contributed by atoms with van der Waals surface area (Å²) in [7, 11) is 0. The van der Waals surface area contributed by atoms with Crippen molar-refractivity contribution in [1.29, 1.82) is 5.26 Å². The molecule has 0 aliphatic rings. The molecule has 7 nitrogen and oxygen atoms in total. The first-order valence-electron chi connectivity index (χ1n) is 9.11. The first-order chi connectivity index (χ1) is 15.0. The Morgan fingerprint density at radius 3 is 2.45 bits per heavy atom. The number of carbonyl (C=O) groups is 1. The summed E-state index contributed by atoms with van der Waals surface area (Å²) in [4.78, 5) is 22.8. The summed E-state index contributed by atoms with van der Waals surface area (Å²) in [6, 6.07) is 21.6. The van der Waals surface area contributed by atoms with Crippen molar-refractivity contribution in [2.75, 3.05) is 5.32 Å². The molecule has 0 atom stereocenters. The molecule has 0 saturated heterocycles. The van der Waals surface area contributed by atoms with Crippen LogP contribution in [0.15, 0.2) is 78.4 Å². The number of hydrogen-bond donors (Lipinski definition) is 1. The molecule has 0 aliphatic carbocycles. The third-order valence-corrected chi connectivity index (χ3v) is 4.58. The van der Waals surface area contributed by atoms with Gasteiger partial charge in [0.2, 0.25) is 0 Å². The van der Waals surface area contributed by atoms with Gasteiger partial charge in [-0.05, 0) is 42.0 Å². The molecule has 1 N–H and O–H groups in total. The maximum Gasteiger partial charge on any atom is 0.269 e. The fraction of sp³-hybridized carbons (Fsp3) is 0.0435. The highest BCUT2D eigenvalue weighted by molar-refractivity contribution is 6.34. The van der Waals surface area contributed by atoms with Gasteiger partial charge in [0.05, 0.1) is 15.6 Å². The van der Waals surface area contributed by atoms with Gasteiger partial charge >= 0.3 is 0 Å². The van der Waals surface area contributed by atoms with Crippen LogP contribution in [0.5, 0.6) is 5.75 Å². The Bertz CT molecular complexity index is 1180. The van der Waals surface area contributed by atoms with Gasteiger partial charge in [-0.1, -0.05) is 41.9 Å². The van der Waals surface area contributed by atoms with Gasteiger partial charge in [0.25, 0.3) is 11.6 Å². The largest absolute Gasteiger partial charge is 0.488 e. The van der Waals surface area contributed by atoms with Gasteiger partial charge in [-0.2, -0.15) is 5.26 Å². The van der Waals surface area contributed by atoms with E-state index in [9.17, 15) is 20.2 Å². The van der Waals surface area contributed by atoms with Crippen LogP contribution in [0.2, 0.25) is 5.02 Å². The molecule has 0 fully saturated rings. The lowest BCUT2D eigenvalue weighted by Crippen LogP contribution is -2.13. The number of anilines is 1. The van der Waals surface area contributed by atoms with E-state index >= 15 is 0 Å². The summed E-state index contributed by atoms with van der Waals surface area (Å²) in [6.45, 7) is 0.163. The lowest BCUT2D eigenvalue weighted by atomic mass is 10.1. The molecule has 0 unspecified atom stereocenters. The molecular formula is C23H16ClN3O4. The minimum absolute atomic E-state index is 0.00437. The zero-order valence-electron chi connectivity index (χ0n) is 16.1. The molecule has 0 saturated carbocycles. The van der Waals surface area contributed by atoms with Gasteiger partial charge in [0.1, 0.15) is 24.0 Å². The fourth-order valence-electron chi connectivity index (χ4n) is 2.66. The van der Waals surface area contributed by atoms with Crippen molar-refractivity contribution in [3.8, 4) is 11.8 Å². The van der Waals surface area contributed by atoms with Gasteiger partial charge < -0.3 is 10.1 Å². The number of amides is 1. The van der Waals surface area contributed by atoms with E-state index in [0.29, 0.717) is 22.0 Å². The number of carbonyl (C=O) groups excluding carboxylic acids is 1. The van der Waals surface area contributed by atoms with Crippen LogP contribution in [0.25, 0.3) is 6.08 Å². The number of non-ortho nitro benzene ring substituents is 1. The maximum atomic E-state index is 12.5. The molecule has 0 radical (unpaired) electrons. The summed E-state index contributed by atoms with van der Waals surface area (Å²) in [6.07, 6.45) is 1.43. The molecular weight excluding hydrogens is 418 g/mol. The fourth-order valence-corrected chi connectivity index (χ4v) is 2.85. The topological polar surface area (TPSA) is 105 Å². The summed E-state index contributed by atoms with van der Waals surface area (Å²) < 4.78 is 5.81. The smallest absolute Gasteiger partial charge is 0.269 e. The van der Waals surface area contributed by atoms with Crippen molar-refractivity contribution in [2.45, 2.75) is 6.61 Å². The minimum Gasteiger partial charge on any atom is -0.488 e. The molecule has 3 aromatic carbocycles. The van der Waals surface area contributed by atoms with Gasteiger partial charge in [-0.3, -0.25) is 14.9 Å². The number of ether oxygens (including phenoxy) is 1. The molecule has 1 amide bonds. The standard InChI is InChI=1S/C23H16ClN3O4/c24-20-6-2-3-7-21(20)26-23(28)18(14-25)13-17-5-1-4-8-22(17)31-15-16-9-11-19(12-10-16)27(29)30/h1-13H,15H2,(H,26,28). The third-order valence-electron chi connectivity index (χ3n) is 4.25. The number of benzene rings is 3. The Kier molecular flexibility index (Phi) is 6.99. The number of nitro groups is 1. The van der Waals surface area contributed by atoms with E-state index in [4.69, 9.17) is 16.3 Å². The molecule has 31 heavy (non-hydrogen) atoms. The second-order valence-corrected chi connectivity index (χ2v) is 6.76. The van der Waals surface area contributed by atoms with Crippen LogP contribution in [0.1, 0.15) is 11.1 Å². The molecule has 0 aliphatic heterocycles. The zero-order valence-corrected chi connectivity index (χ0v) is 16.9. The SMILES string of the molecule is N#CC(=Cc1ccccc1OCc1ccc([N+](=O)[O-])cc1)C(=O)Nc1ccccc1Cl. The third kappa shape index (κ3) is 5.69. The number of nitriles is 1. The zero-order chi connectivity index (χ0) is 22.2. The van der Waals surface area contributed by atoms with E-state index in [-0.39, 0.29) is 17.9 Å². The number of rotatable bonds is 7. The van der Waals surface area contributed by atoms with Crippen LogP contribution in [-0.4, -0.2) is 10.8 Å². The first kappa shape index (κ1) is 21.6. The number of hydrogen-bond acceptors (Lipinski definition) is 5. The van der Waals surface area contributed by atoms with Crippen LogP contribution >= 0.6 is 11.6 Å². The van der Waals surface area contributed by atoms with Gasteiger partial charge in [0, 0.05) is 17.7 Å². The highest BCUT2D eigenvalue weighted by Crippen LogP contribution is 2.24. The van der Waals surface area contributed by atoms with Crippen molar-refractivity contribution >= 4 is 35.0 Å². The maximum absolute atomic E-state index is 12.5. The first-order valence-corrected chi connectivity index (χ1v) is 9.48. The van der Waals surface area contributed by atoms with Gasteiger partial charge in [0.15, 0.2) is 0 Å². The van der Waals surface area contributed by atoms with Crippen molar-refractivity contribution < 1.29 is 14.5 Å². The number of nitrogens with one attached hydrogen (secondary N) is 1. The van der Waals surface area contributed by atoms with E-state index in [1.807, 2.05) is 6.07 Å². The Hall–Kier alpha value is -4.15. The average Bonchev–Trinajstić information content (AvgIpc) is 2.78. The Morgan fingerprint density at radius 2 is 1.77 bits per heavy atom. The predicted molar refractivity (Wildman–Crippen MR) is 118 cm³/mol. The second-order valence-electron chi connectivity index (χ2n) is 6.35. The molecule has 0 aromatic heterocycles. The van der Waals surface area contributed by atoms with Crippen molar-refractivity contribution in [1.82, 2.24) is 0 Å². The summed E-state index contributed by atoms with van der Waals surface area (Å²) in [5, 5.41) is 23.2. The lowest BCUT2D eigenvalue weighted by Gasteiger charge is -2.10. The van der Waals surface area contributed by atoms with Gasteiger partial charge in [-0.25, -0.2) is 0 Å². The van der Waals surface area contributed by atoms with Crippen LogP contribution < -0.4 is 10.1 Å². The van der Waals surface area contributed by atoms with E-state index in [2.05, 4.69) is 5.32 Å².